The molecule has 16 heavy (non-hydrogen) atoms. The minimum Gasteiger partial charge on any atom is -0.507 e. The van der Waals surface area contributed by atoms with Gasteiger partial charge in [-0.3, -0.25) is 4.79 Å². The molecule has 0 aliphatic carbocycles. The van der Waals surface area contributed by atoms with Gasteiger partial charge in [-0.2, -0.15) is 0 Å². The van der Waals surface area contributed by atoms with Crippen LogP contribution in [0.3, 0.4) is 0 Å². The van der Waals surface area contributed by atoms with Gasteiger partial charge in [0.25, 0.3) is 5.56 Å². The fourth-order valence-corrected chi connectivity index (χ4v) is 1.76. The molecular formula is C12H13NO3. The molecule has 2 N–H and O–H groups in total. The largest absolute Gasteiger partial charge is 0.507 e. The Bertz CT molecular complexity index is 587. The van der Waals surface area contributed by atoms with E-state index in [2.05, 4.69) is 4.98 Å². The van der Waals surface area contributed by atoms with Crippen LogP contribution in [0.4, 0.5) is 0 Å². The van der Waals surface area contributed by atoms with E-state index in [4.69, 9.17) is 4.74 Å². The van der Waals surface area contributed by atoms with E-state index in [1.54, 1.807) is 25.3 Å². The van der Waals surface area contributed by atoms with E-state index >= 15 is 0 Å². The predicted octanol–water partition coefficient (Wildman–Crippen LogP) is 1.80. The number of aromatic amines is 1. The Kier molecular flexibility index (Phi) is 2.56. The number of hydrogen-bond donors (Lipinski definition) is 2. The SMILES string of the molecule is CCc1c(O)c2ccc(OC)cc2[nH]c1=O. The molecule has 0 spiro atoms. The summed E-state index contributed by atoms with van der Waals surface area (Å²) in [6, 6.07) is 5.17. The van der Waals surface area contributed by atoms with Crippen LogP contribution in [0.5, 0.6) is 11.5 Å². The van der Waals surface area contributed by atoms with Crippen molar-refractivity contribution in [2.75, 3.05) is 7.11 Å². The first-order valence-corrected chi connectivity index (χ1v) is 5.09. The number of rotatable bonds is 2. The van der Waals surface area contributed by atoms with Gasteiger partial charge in [0.05, 0.1) is 18.2 Å². The smallest absolute Gasteiger partial charge is 0.255 e. The molecule has 0 atom stereocenters. The Hall–Kier alpha value is -1.97. The summed E-state index contributed by atoms with van der Waals surface area (Å²) >= 11 is 0. The van der Waals surface area contributed by atoms with Crippen LogP contribution in [0.1, 0.15) is 12.5 Å². The molecule has 0 radical (unpaired) electrons. The molecule has 0 bridgehead atoms. The van der Waals surface area contributed by atoms with Crippen molar-refractivity contribution in [1.82, 2.24) is 4.98 Å². The molecule has 1 heterocycles. The molecule has 0 amide bonds. The van der Waals surface area contributed by atoms with Gasteiger partial charge in [-0.1, -0.05) is 6.92 Å². The van der Waals surface area contributed by atoms with E-state index < -0.39 is 0 Å². The molecule has 0 saturated carbocycles. The van der Waals surface area contributed by atoms with Gasteiger partial charge in [0.2, 0.25) is 0 Å². The molecule has 1 aromatic carbocycles. The number of aromatic nitrogens is 1. The molecule has 2 rings (SSSR count). The van der Waals surface area contributed by atoms with Crippen molar-refractivity contribution in [1.29, 1.82) is 0 Å². The fraction of sp³-hybridized carbons (Fsp3) is 0.250. The van der Waals surface area contributed by atoms with E-state index in [9.17, 15) is 9.90 Å². The van der Waals surface area contributed by atoms with Gasteiger partial charge in [-0.15, -0.1) is 0 Å². The zero-order chi connectivity index (χ0) is 11.7. The number of H-pyrrole nitrogens is 1. The summed E-state index contributed by atoms with van der Waals surface area (Å²) in [6.07, 6.45) is 0.503. The summed E-state index contributed by atoms with van der Waals surface area (Å²) in [5.41, 5.74) is 0.748. The van der Waals surface area contributed by atoms with Crippen molar-refractivity contribution in [2.24, 2.45) is 0 Å². The van der Waals surface area contributed by atoms with Gasteiger partial charge in [0.15, 0.2) is 0 Å². The first-order chi connectivity index (χ1) is 7.67. The molecule has 4 heteroatoms. The summed E-state index contributed by atoms with van der Waals surface area (Å²) in [5, 5.41) is 10.6. The van der Waals surface area contributed by atoms with Gasteiger partial charge in [-0.05, 0) is 18.6 Å². The highest BCUT2D eigenvalue weighted by molar-refractivity contribution is 5.86. The number of nitrogens with one attached hydrogen (secondary N) is 1. The lowest BCUT2D eigenvalue weighted by Crippen LogP contribution is -2.11. The van der Waals surface area contributed by atoms with Crippen molar-refractivity contribution in [3.8, 4) is 11.5 Å². The van der Waals surface area contributed by atoms with Crippen LogP contribution < -0.4 is 10.3 Å². The zero-order valence-electron chi connectivity index (χ0n) is 9.20. The first-order valence-electron chi connectivity index (χ1n) is 5.09. The number of fused-ring (bicyclic) bond motifs is 1. The fourth-order valence-electron chi connectivity index (χ4n) is 1.76. The number of pyridine rings is 1. The maximum absolute atomic E-state index is 11.6. The Morgan fingerprint density at radius 3 is 2.81 bits per heavy atom. The van der Waals surface area contributed by atoms with Crippen LogP contribution >= 0.6 is 0 Å². The van der Waals surface area contributed by atoms with E-state index in [1.807, 2.05) is 6.92 Å². The Balaban J connectivity index is 2.81. The number of ether oxygens (including phenoxy) is 1. The zero-order valence-corrected chi connectivity index (χ0v) is 9.20. The number of benzene rings is 1. The molecular weight excluding hydrogens is 206 g/mol. The monoisotopic (exact) mass is 219 g/mol. The van der Waals surface area contributed by atoms with Gasteiger partial charge < -0.3 is 14.8 Å². The van der Waals surface area contributed by atoms with Crippen molar-refractivity contribution in [2.45, 2.75) is 13.3 Å². The van der Waals surface area contributed by atoms with Gasteiger partial charge in [0.1, 0.15) is 11.5 Å². The van der Waals surface area contributed by atoms with Gasteiger partial charge in [-0.25, -0.2) is 0 Å². The van der Waals surface area contributed by atoms with Crippen LogP contribution in [0.15, 0.2) is 23.0 Å². The quantitative estimate of drug-likeness (QED) is 0.809. The van der Waals surface area contributed by atoms with Crippen LogP contribution in [0.25, 0.3) is 10.9 Å². The lowest BCUT2D eigenvalue weighted by molar-refractivity contribution is 0.415. The highest BCUT2D eigenvalue weighted by Crippen LogP contribution is 2.27. The summed E-state index contributed by atoms with van der Waals surface area (Å²) < 4.78 is 5.05. The summed E-state index contributed by atoms with van der Waals surface area (Å²) in [6.45, 7) is 1.83. The van der Waals surface area contributed by atoms with Crippen LogP contribution in [-0.4, -0.2) is 17.2 Å². The average molecular weight is 219 g/mol. The van der Waals surface area contributed by atoms with E-state index in [0.29, 0.717) is 28.6 Å². The molecule has 0 fully saturated rings. The maximum atomic E-state index is 11.6. The number of hydrogen-bond acceptors (Lipinski definition) is 3. The second kappa shape index (κ2) is 3.89. The van der Waals surface area contributed by atoms with Crippen LogP contribution in [-0.2, 0) is 6.42 Å². The predicted molar refractivity (Wildman–Crippen MR) is 62.2 cm³/mol. The van der Waals surface area contributed by atoms with Crippen LogP contribution in [0, 0.1) is 0 Å². The maximum Gasteiger partial charge on any atom is 0.255 e. The average Bonchev–Trinajstić information content (AvgIpc) is 2.28. The molecule has 2 aromatic rings. The second-order valence-electron chi connectivity index (χ2n) is 3.55. The Morgan fingerprint density at radius 1 is 1.44 bits per heavy atom. The third-order valence-corrected chi connectivity index (χ3v) is 2.64. The molecule has 0 unspecified atom stereocenters. The van der Waals surface area contributed by atoms with Crippen LogP contribution in [0.2, 0.25) is 0 Å². The normalized spacial score (nSPS) is 10.6. The van der Waals surface area contributed by atoms with Crippen molar-refractivity contribution in [3.63, 3.8) is 0 Å². The van der Waals surface area contributed by atoms with Gasteiger partial charge >= 0.3 is 0 Å². The summed E-state index contributed by atoms with van der Waals surface area (Å²) in [7, 11) is 1.56. The Labute approximate surface area is 92.5 Å². The first kappa shape index (κ1) is 10.5. The lowest BCUT2D eigenvalue weighted by Gasteiger charge is -2.07. The molecule has 0 aliphatic heterocycles. The molecule has 0 aliphatic rings. The number of aromatic hydroxyl groups is 1. The highest BCUT2D eigenvalue weighted by atomic mass is 16.5. The van der Waals surface area contributed by atoms with Gasteiger partial charge in [0, 0.05) is 11.5 Å². The summed E-state index contributed by atoms with van der Waals surface area (Å²) in [5.74, 6) is 0.704. The molecule has 1 aromatic heterocycles. The molecule has 84 valence electrons. The van der Waals surface area contributed by atoms with E-state index in [-0.39, 0.29) is 11.3 Å². The number of methoxy groups -OCH3 is 1. The standard InChI is InChI=1S/C12H13NO3/c1-3-8-11(14)9-5-4-7(16-2)6-10(9)13-12(8)15/h4-6H,3H2,1-2H3,(H2,13,14,15). The summed E-state index contributed by atoms with van der Waals surface area (Å²) in [4.78, 5) is 14.4. The third kappa shape index (κ3) is 1.52. The van der Waals surface area contributed by atoms with E-state index in [0.717, 1.165) is 0 Å². The second-order valence-corrected chi connectivity index (χ2v) is 3.55. The molecule has 4 nitrogen and oxygen atoms in total. The minimum atomic E-state index is -0.249. The lowest BCUT2D eigenvalue weighted by atomic mass is 10.1. The highest BCUT2D eigenvalue weighted by Gasteiger charge is 2.10. The van der Waals surface area contributed by atoms with Crippen molar-refractivity contribution in [3.05, 3.63) is 34.1 Å². The van der Waals surface area contributed by atoms with E-state index in [1.165, 1.54) is 0 Å². The molecule has 0 saturated heterocycles. The minimum absolute atomic E-state index is 0.0592. The Morgan fingerprint density at radius 2 is 2.19 bits per heavy atom. The van der Waals surface area contributed by atoms with Crippen molar-refractivity contribution >= 4 is 10.9 Å². The topological polar surface area (TPSA) is 62.3 Å². The van der Waals surface area contributed by atoms with Crippen molar-refractivity contribution < 1.29 is 9.84 Å². The third-order valence-electron chi connectivity index (χ3n) is 2.64.